The van der Waals surface area contributed by atoms with Gasteiger partial charge in [0.2, 0.25) is 0 Å². The Balaban J connectivity index is 1.27. The molecule has 0 radical (unpaired) electrons. The van der Waals surface area contributed by atoms with Crippen molar-refractivity contribution >= 4 is 35.5 Å². The first-order valence-electron chi connectivity index (χ1n) is 11.4. The number of hydrazone groups is 1. The third kappa shape index (κ3) is 5.79. The van der Waals surface area contributed by atoms with E-state index in [-0.39, 0.29) is 11.7 Å². The predicted molar refractivity (Wildman–Crippen MR) is 147 cm³/mol. The van der Waals surface area contributed by atoms with Gasteiger partial charge in [0, 0.05) is 35.0 Å². The Kier molecular flexibility index (Phi) is 7.43. The van der Waals surface area contributed by atoms with Crippen molar-refractivity contribution in [3.63, 3.8) is 0 Å². The lowest BCUT2D eigenvalue weighted by molar-refractivity contribution is -0.118. The predicted octanol–water partition coefficient (Wildman–Crippen LogP) is 5.23. The molecule has 0 atom stereocenters. The Bertz CT molecular complexity index is 1530. The van der Waals surface area contributed by atoms with Crippen molar-refractivity contribution in [2.45, 2.75) is 5.16 Å². The van der Waals surface area contributed by atoms with E-state index < -0.39 is 0 Å². The number of amides is 1. The van der Waals surface area contributed by atoms with Crippen LogP contribution in [-0.2, 0) is 11.8 Å². The van der Waals surface area contributed by atoms with Crippen molar-refractivity contribution in [3.8, 4) is 28.3 Å². The van der Waals surface area contributed by atoms with E-state index in [1.54, 1.807) is 10.9 Å². The number of hydrogen-bond acceptors (Lipinski definition) is 6. The maximum Gasteiger partial charge on any atom is 0.250 e. The maximum absolute atomic E-state index is 12.5. The van der Waals surface area contributed by atoms with E-state index in [1.807, 2.05) is 103 Å². The number of rotatable bonds is 8. The molecule has 5 aromatic rings. The first-order chi connectivity index (χ1) is 18.1. The number of benzene rings is 3. The third-order valence-electron chi connectivity index (χ3n) is 5.47. The fraction of sp³-hybridized carbons (Fsp3) is 0.0741. The van der Waals surface area contributed by atoms with Crippen molar-refractivity contribution in [1.82, 2.24) is 30.0 Å². The molecule has 5 rings (SSSR count). The normalized spacial score (nSPS) is 11.2. The molecule has 0 spiro atoms. The average Bonchev–Trinajstić information content (AvgIpc) is 3.52. The van der Waals surface area contributed by atoms with Gasteiger partial charge in [0.25, 0.3) is 5.91 Å². The molecule has 0 aliphatic rings. The molecule has 0 fully saturated rings. The van der Waals surface area contributed by atoms with E-state index in [2.05, 4.69) is 20.7 Å². The van der Waals surface area contributed by atoms with Crippen LogP contribution in [0, 0.1) is 0 Å². The van der Waals surface area contributed by atoms with E-state index in [1.165, 1.54) is 11.8 Å². The quantitative estimate of drug-likeness (QED) is 0.169. The molecule has 1 amide bonds. The van der Waals surface area contributed by atoms with Crippen LogP contribution in [0.15, 0.2) is 101 Å². The fourth-order valence-electron chi connectivity index (χ4n) is 3.64. The summed E-state index contributed by atoms with van der Waals surface area (Å²) in [5.41, 5.74) is 6.83. The topological polar surface area (TPSA) is 90.0 Å². The van der Waals surface area contributed by atoms with Gasteiger partial charge in [-0.05, 0) is 24.3 Å². The van der Waals surface area contributed by atoms with Crippen LogP contribution in [0.2, 0.25) is 5.02 Å². The lowest BCUT2D eigenvalue weighted by atomic mass is 10.1. The molecule has 2 heterocycles. The number of carbonyl (C=O) groups excluding carboxylic acids is 1. The van der Waals surface area contributed by atoms with Crippen LogP contribution >= 0.6 is 23.4 Å². The minimum Gasteiger partial charge on any atom is -0.305 e. The second-order valence-electron chi connectivity index (χ2n) is 8.03. The number of nitrogens with one attached hydrogen (secondary N) is 1. The molecular weight excluding hydrogens is 506 g/mol. The van der Waals surface area contributed by atoms with E-state index in [9.17, 15) is 4.79 Å². The number of carbonyl (C=O) groups is 1. The minimum absolute atomic E-state index is 0.144. The summed E-state index contributed by atoms with van der Waals surface area (Å²) in [4.78, 5) is 12.5. The monoisotopic (exact) mass is 527 g/mol. The summed E-state index contributed by atoms with van der Waals surface area (Å²) in [6, 6.07) is 27.0. The van der Waals surface area contributed by atoms with Crippen LogP contribution in [-0.4, -0.2) is 42.4 Å². The van der Waals surface area contributed by atoms with Crippen LogP contribution in [0.3, 0.4) is 0 Å². The first-order valence-corrected chi connectivity index (χ1v) is 12.8. The number of aromatic nitrogens is 5. The van der Waals surface area contributed by atoms with Crippen molar-refractivity contribution in [3.05, 3.63) is 102 Å². The summed E-state index contributed by atoms with van der Waals surface area (Å²) in [5, 5.41) is 18.7. The van der Waals surface area contributed by atoms with Crippen LogP contribution in [0.1, 0.15) is 5.56 Å². The summed E-state index contributed by atoms with van der Waals surface area (Å²) in [5.74, 6) is 0.631. The molecule has 0 aliphatic heterocycles. The number of halogens is 1. The van der Waals surface area contributed by atoms with Crippen LogP contribution in [0.25, 0.3) is 28.3 Å². The Morgan fingerprint density at radius 2 is 1.68 bits per heavy atom. The molecule has 37 heavy (non-hydrogen) atoms. The molecule has 0 unspecified atom stereocenters. The Hall–Kier alpha value is -4.21. The third-order valence-corrected chi connectivity index (χ3v) is 6.75. The van der Waals surface area contributed by atoms with Gasteiger partial charge >= 0.3 is 0 Å². The fourth-order valence-corrected chi connectivity index (χ4v) is 4.47. The summed E-state index contributed by atoms with van der Waals surface area (Å²) in [6.45, 7) is 0. The van der Waals surface area contributed by atoms with Gasteiger partial charge in [-0.2, -0.15) is 10.2 Å². The average molecular weight is 528 g/mol. The van der Waals surface area contributed by atoms with E-state index in [4.69, 9.17) is 16.7 Å². The van der Waals surface area contributed by atoms with E-state index in [0.717, 1.165) is 33.9 Å². The molecule has 184 valence electrons. The Morgan fingerprint density at radius 3 is 2.41 bits per heavy atom. The smallest absolute Gasteiger partial charge is 0.250 e. The Labute approximate surface area is 223 Å². The molecule has 0 aliphatic carbocycles. The number of thioether (sulfide) groups is 1. The maximum atomic E-state index is 12.5. The highest BCUT2D eigenvalue weighted by atomic mass is 35.5. The summed E-state index contributed by atoms with van der Waals surface area (Å²) >= 11 is 7.36. The van der Waals surface area contributed by atoms with Gasteiger partial charge in [0.15, 0.2) is 11.0 Å². The summed E-state index contributed by atoms with van der Waals surface area (Å²) < 4.78 is 3.65. The van der Waals surface area contributed by atoms with E-state index in [0.29, 0.717) is 10.2 Å². The number of hydrogen-bond donors (Lipinski definition) is 1. The lowest BCUT2D eigenvalue weighted by Crippen LogP contribution is -2.19. The second kappa shape index (κ2) is 11.2. The minimum atomic E-state index is -0.256. The second-order valence-corrected chi connectivity index (χ2v) is 9.41. The first kappa shape index (κ1) is 24.5. The molecule has 10 heteroatoms. The standard InChI is InChI=1S/C27H22ClN7OS/c1-34-26(20-8-4-2-5-9-20)31-32-27(34)37-18-24(36)30-29-16-21-17-35(23-10-6-3-7-11-23)33-25(21)19-12-14-22(28)15-13-19/h2-17H,18H2,1H3,(H,30,36)/b29-16+. The van der Waals surface area contributed by atoms with Crippen molar-refractivity contribution in [2.24, 2.45) is 12.1 Å². The summed E-state index contributed by atoms with van der Waals surface area (Å²) in [6.07, 6.45) is 3.46. The van der Waals surface area contributed by atoms with Gasteiger partial charge < -0.3 is 4.57 Å². The van der Waals surface area contributed by atoms with Gasteiger partial charge in [-0.3, -0.25) is 4.79 Å². The van der Waals surface area contributed by atoms with Crippen LogP contribution in [0.5, 0.6) is 0 Å². The van der Waals surface area contributed by atoms with Gasteiger partial charge in [0.05, 0.1) is 17.7 Å². The van der Waals surface area contributed by atoms with Gasteiger partial charge in [-0.15, -0.1) is 10.2 Å². The van der Waals surface area contributed by atoms with Crippen LogP contribution in [0.4, 0.5) is 0 Å². The molecule has 8 nitrogen and oxygen atoms in total. The molecule has 1 N–H and O–H groups in total. The zero-order valence-corrected chi connectivity index (χ0v) is 21.4. The van der Waals surface area contributed by atoms with Crippen molar-refractivity contribution < 1.29 is 4.79 Å². The molecule has 0 saturated carbocycles. The zero-order valence-electron chi connectivity index (χ0n) is 19.8. The van der Waals surface area contributed by atoms with Crippen LogP contribution < -0.4 is 5.43 Å². The molecule has 0 saturated heterocycles. The highest BCUT2D eigenvalue weighted by Crippen LogP contribution is 2.25. The van der Waals surface area contributed by atoms with E-state index >= 15 is 0 Å². The number of para-hydroxylation sites is 1. The summed E-state index contributed by atoms with van der Waals surface area (Å²) in [7, 11) is 1.88. The highest BCUT2D eigenvalue weighted by molar-refractivity contribution is 7.99. The van der Waals surface area contributed by atoms with Crippen molar-refractivity contribution in [2.75, 3.05) is 5.75 Å². The zero-order chi connectivity index (χ0) is 25.6. The molecular formula is C27H22ClN7OS. The Morgan fingerprint density at radius 1 is 0.973 bits per heavy atom. The van der Waals surface area contributed by atoms with Gasteiger partial charge in [0.1, 0.15) is 5.69 Å². The SMILES string of the molecule is Cn1c(SCC(=O)N/N=C/c2cn(-c3ccccc3)nc2-c2ccc(Cl)cc2)nnc1-c1ccccc1. The lowest BCUT2D eigenvalue weighted by Gasteiger charge is -2.03. The van der Waals surface area contributed by atoms with Gasteiger partial charge in [-0.25, -0.2) is 10.1 Å². The molecule has 2 aromatic heterocycles. The van der Waals surface area contributed by atoms with Crippen molar-refractivity contribution in [1.29, 1.82) is 0 Å². The highest BCUT2D eigenvalue weighted by Gasteiger charge is 2.14. The largest absolute Gasteiger partial charge is 0.305 e. The number of nitrogens with zero attached hydrogens (tertiary/aromatic N) is 6. The molecule has 3 aromatic carbocycles. The van der Waals surface area contributed by atoms with Gasteiger partial charge in [-0.1, -0.05) is 84.0 Å². The molecule has 0 bridgehead atoms.